The molecule has 1 saturated heterocycles. The molecular formula is C21H35F2NO2. The van der Waals surface area contributed by atoms with E-state index in [4.69, 9.17) is 4.74 Å². The van der Waals surface area contributed by atoms with Gasteiger partial charge in [-0.3, -0.25) is 4.90 Å². The summed E-state index contributed by atoms with van der Waals surface area (Å²) in [6.45, 7) is 0. The maximum atomic E-state index is 14.3. The van der Waals surface area contributed by atoms with Gasteiger partial charge in [-0.1, -0.05) is 25.7 Å². The molecule has 0 radical (unpaired) electrons. The molecule has 3 nitrogen and oxygen atoms in total. The van der Waals surface area contributed by atoms with Gasteiger partial charge in [-0.2, -0.15) is 0 Å². The van der Waals surface area contributed by atoms with Crippen LogP contribution in [0.5, 0.6) is 0 Å². The normalized spacial score (nSPS) is 48.5. The lowest BCUT2D eigenvalue weighted by molar-refractivity contribution is -0.241. The third kappa shape index (κ3) is 3.44. The van der Waals surface area contributed by atoms with Gasteiger partial charge in [-0.25, -0.2) is 8.78 Å². The second kappa shape index (κ2) is 8.00. The summed E-state index contributed by atoms with van der Waals surface area (Å²) in [7, 11) is 2.26. The minimum Gasteiger partial charge on any atom is -0.368 e. The Hall–Kier alpha value is -0.260. The van der Waals surface area contributed by atoms with Crippen LogP contribution in [0.25, 0.3) is 0 Å². The van der Waals surface area contributed by atoms with Crippen molar-refractivity contribution in [1.29, 1.82) is 0 Å². The van der Waals surface area contributed by atoms with Gasteiger partial charge in [0.05, 0.1) is 0 Å². The quantitative estimate of drug-likeness (QED) is 0.754. The monoisotopic (exact) mass is 371 g/mol. The first-order valence-electron chi connectivity index (χ1n) is 10.9. The topological polar surface area (TPSA) is 32.7 Å². The molecule has 0 aromatic heterocycles. The van der Waals surface area contributed by atoms with Crippen molar-refractivity contribution in [2.24, 2.45) is 17.8 Å². The molecule has 26 heavy (non-hydrogen) atoms. The summed E-state index contributed by atoms with van der Waals surface area (Å²) in [6, 6.07) is 0.972. The zero-order valence-corrected chi connectivity index (χ0v) is 16.0. The lowest BCUT2D eigenvalue weighted by atomic mass is 9.61. The van der Waals surface area contributed by atoms with Gasteiger partial charge >= 0.3 is 0 Å². The van der Waals surface area contributed by atoms with Gasteiger partial charge in [0.25, 0.3) is 0 Å². The number of hydrogen-bond donors (Lipinski definition) is 1. The van der Waals surface area contributed by atoms with E-state index >= 15 is 0 Å². The number of aliphatic hydroxyl groups excluding tert-OH is 1. The largest absolute Gasteiger partial charge is 0.368 e. The Labute approximate surface area is 156 Å². The molecule has 7 atom stereocenters. The van der Waals surface area contributed by atoms with E-state index in [0.717, 1.165) is 12.8 Å². The molecule has 150 valence electrons. The Balaban J connectivity index is 1.54. The van der Waals surface area contributed by atoms with Crippen molar-refractivity contribution in [3.63, 3.8) is 0 Å². The number of hydrogen-bond acceptors (Lipinski definition) is 3. The van der Waals surface area contributed by atoms with Crippen molar-refractivity contribution in [1.82, 2.24) is 4.90 Å². The molecule has 1 N–H and O–H groups in total. The number of halogens is 2. The van der Waals surface area contributed by atoms with Gasteiger partial charge in [-0.15, -0.1) is 0 Å². The van der Waals surface area contributed by atoms with Crippen LogP contribution in [0, 0.1) is 17.8 Å². The fraction of sp³-hybridized carbons (Fsp3) is 1.00. The van der Waals surface area contributed by atoms with Crippen LogP contribution in [0.1, 0.15) is 70.6 Å². The van der Waals surface area contributed by atoms with Gasteiger partial charge < -0.3 is 9.84 Å². The molecule has 1 aliphatic heterocycles. The molecule has 0 spiro atoms. The first-order chi connectivity index (χ1) is 12.6. The predicted molar refractivity (Wildman–Crippen MR) is 97.3 cm³/mol. The SMILES string of the molecule is CN1C2CCCCC2C(C(O)OC2C(F)CCCC2F)C2CCCCC21. The number of rotatable bonds is 3. The summed E-state index contributed by atoms with van der Waals surface area (Å²) in [5, 5.41) is 11.1. The van der Waals surface area contributed by atoms with Gasteiger partial charge in [0, 0.05) is 18.0 Å². The molecule has 4 fully saturated rings. The predicted octanol–water partition coefficient (Wildman–Crippen LogP) is 4.23. The highest BCUT2D eigenvalue weighted by Crippen LogP contribution is 2.50. The van der Waals surface area contributed by atoms with Gasteiger partial charge in [0.1, 0.15) is 18.4 Å². The molecule has 7 unspecified atom stereocenters. The molecule has 1 heterocycles. The van der Waals surface area contributed by atoms with Crippen LogP contribution in [0.2, 0.25) is 0 Å². The lowest BCUT2D eigenvalue weighted by Crippen LogP contribution is -2.62. The number of alkyl halides is 2. The van der Waals surface area contributed by atoms with E-state index in [1.165, 1.54) is 38.5 Å². The first kappa shape index (κ1) is 19.1. The maximum absolute atomic E-state index is 14.3. The van der Waals surface area contributed by atoms with Crippen LogP contribution in [-0.4, -0.2) is 53.9 Å². The number of fused-ring (bicyclic) bond motifs is 2. The zero-order chi connectivity index (χ0) is 18.3. The summed E-state index contributed by atoms with van der Waals surface area (Å²) in [6.07, 6.45) is 6.01. The Morgan fingerprint density at radius 3 is 1.85 bits per heavy atom. The molecule has 0 bridgehead atoms. The third-order valence-electron chi connectivity index (χ3n) is 7.90. The van der Waals surface area contributed by atoms with E-state index in [9.17, 15) is 13.9 Å². The summed E-state index contributed by atoms with van der Waals surface area (Å²) in [5.74, 6) is 0.814. The Kier molecular flexibility index (Phi) is 5.87. The van der Waals surface area contributed by atoms with E-state index < -0.39 is 24.7 Å². The van der Waals surface area contributed by atoms with E-state index in [0.29, 0.717) is 43.2 Å². The molecule has 3 aliphatic carbocycles. The van der Waals surface area contributed by atoms with E-state index in [-0.39, 0.29) is 5.92 Å². The molecular weight excluding hydrogens is 336 g/mol. The molecule has 4 aliphatic rings. The van der Waals surface area contributed by atoms with Crippen LogP contribution < -0.4 is 0 Å². The Morgan fingerprint density at radius 1 is 0.808 bits per heavy atom. The third-order valence-corrected chi connectivity index (χ3v) is 7.90. The maximum Gasteiger partial charge on any atom is 0.158 e. The van der Waals surface area contributed by atoms with Crippen molar-refractivity contribution in [3.8, 4) is 0 Å². The number of aliphatic hydroxyl groups is 1. The smallest absolute Gasteiger partial charge is 0.158 e. The van der Waals surface area contributed by atoms with Crippen LogP contribution >= 0.6 is 0 Å². The second-order valence-electron chi connectivity index (χ2n) is 9.23. The number of nitrogens with zero attached hydrogens (tertiary/aromatic N) is 1. The summed E-state index contributed by atoms with van der Waals surface area (Å²) >= 11 is 0. The summed E-state index contributed by atoms with van der Waals surface area (Å²) in [5.41, 5.74) is 0. The van der Waals surface area contributed by atoms with Gasteiger partial charge in [-0.05, 0) is 63.8 Å². The molecule has 4 rings (SSSR count). The van der Waals surface area contributed by atoms with Crippen LogP contribution in [0.3, 0.4) is 0 Å². The van der Waals surface area contributed by atoms with Crippen molar-refractivity contribution in [2.75, 3.05) is 7.05 Å². The van der Waals surface area contributed by atoms with E-state index in [1.807, 2.05) is 0 Å². The van der Waals surface area contributed by atoms with Crippen LogP contribution in [0.15, 0.2) is 0 Å². The summed E-state index contributed by atoms with van der Waals surface area (Å²) < 4.78 is 34.3. The van der Waals surface area contributed by atoms with Crippen molar-refractivity contribution >= 4 is 0 Å². The summed E-state index contributed by atoms with van der Waals surface area (Å²) in [4.78, 5) is 2.58. The Bertz CT molecular complexity index is 445. The average Bonchev–Trinajstić information content (AvgIpc) is 2.65. The first-order valence-corrected chi connectivity index (χ1v) is 10.9. The molecule has 0 amide bonds. The number of piperidine rings is 1. The minimum atomic E-state index is -1.29. The van der Waals surface area contributed by atoms with Gasteiger partial charge in [0.2, 0.25) is 0 Å². The molecule has 0 aromatic carbocycles. The zero-order valence-electron chi connectivity index (χ0n) is 16.0. The Morgan fingerprint density at radius 2 is 1.31 bits per heavy atom. The number of likely N-dealkylation sites (tertiary alicyclic amines) is 1. The fourth-order valence-corrected chi connectivity index (χ4v) is 6.66. The highest BCUT2D eigenvalue weighted by Gasteiger charge is 2.52. The van der Waals surface area contributed by atoms with Gasteiger partial charge in [0.15, 0.2) is 6.29 Å². The average molecular weight is 372 g/mol. The molecule has 0 aromatic rings. The van der Waals surface area contributed by atoms with Crippen LogP contribution in [0.4, 0.5) is 8.78 Å². The van der Waals surface area contributed by atoms with E-state index in [1.54, 1.807) is 0 Å². The van der Waals surface area contributed by atoms with Crippen molar-refractivity contribution in [2.45, 2.75) is 107 Å². The molecule has 3 saturated carbocycles. The van der Waals surface area contributed by atoms with E-state index in [2.05, 4.69) is 11.9 Å². The van der Waals surface area contributed by atoms with Crippen molar-refractivity contribution < 1.29 is 18.6 Å². The lowest BCUT2D eigenvalue weighted by Gasteiger charge is -2.57. The fourth-order valence-electron chi connectivity index (χ4n) is 6.66. The number of ether oxygens (including phenoxy) is 1. The minimum absolute atomic E-state index is 0.0307. The second-order valence-corrected chi connectivity index (χ2v) is 9.23. The van der Waals surface area contributed by atoms with Crippen LogP contribution in [-0.2, 0) is 4.74 Å². The van der Waals surface area contributed by atoms with Crippen molar-refractivity contribution in [3.05, 3.63) is 0 Å². The molecule has 5 heteroatoms. The standard InChI is InChI=1S/C21H35F2NO2/c1-24-17-11-4-2-7-13(17)19(14-8-3-5-12-18(14)24)21(25)26-20-15(22)9-6-10-16(20)23/h13-21,25H,2-12H2,1H3. The highest BCUT2D eigenvalue weighted by atomic mass is 19.1. The highest BCUT2D eigenvalue weighted by molar-refractivity contribution is 5.02.